The third-order valence-corrected chi connectivity index (χ3v) is 5.07. The predicted molar refractivity (Wildman–Crippen MR) is 120 cm³/mol. The van der Waals surface area contributed by atoms with Gasteiger partial charge in [0.25, 0.3) is 5.91 Å². The largest absolute Gasteiger partial charge is 0.491 e. The minimum absolute atomic E-state index is 0.0996. The maximum atomic E-state index is 12.4. The Kier molecular flexibility index (Phi) is 7.19. The molecule has 0 aliphatic heterocycles. The molecular formula is C23H25N3O3S. The number of carbonyl (C=O) groups excluding carboxylic acids is 2. The molecule has 0 atom stereocenters. The first kappa shape index (κ1) is 21.5. The number of hydrogen-bond acceptors (Lipinski definition) is 5. The van der Waals surface area contributed by atoms with E-state index in [0.717, 1.165) is 27.6 Å². The van der Waals surface area contributed by atoms with E-state index >= 15 is 0 Å². The molecule has 156 valence electrons. The number of amides is 2. The van der Waals surface area contributed by atoms with Crippen LogP contribution >= 0.6 is 11.3 Å². The highest BCUT2D eigenvalue weighted by Gasteiger charge is 2.12. The van der Waals surface area contributed by atoms with E-state index in [1.807, 2.05) is 62.4 Å². The van der Waals surface area contributed by atoms with E-state index in [0.29, 0.717) is 18.7 Å². The van der Waals surface area contributed by atoms with Crippen molar-refractivity contribution in [3.8, 4) is 16.3 Å². The van der Waals surface area contributed by atoms with Gasteiger partial charge in [-0.3, -0.25) is 9.59 Å². The van der Waals surface area contributed by atoms with E-state index in [-0.39, 0.29) is 17.9 Å². The second-order valence-electron chi connectivity index (χ2n) is 7.11. The van der Waals surface area contributed by atoms with Crippen molar-refractivity contribution in [3.05, 3.63) is 65.2 Å². The lowest BCUT2D eigenvalue weighted by molar-refractivity contribution is -0.114. The first-order chi connectivity index (χ1) is 14.4. The van der Waals surface area contributed by atoms with Gasteiger partial charge < -0.3 is 15.4 Å². The van der Waals surface area contributed by atoms with Crippen molar-refractivity contribution in [2.75, 3.05) is 11.9 Å². The van der Waals surface area contributed by atoms with Crippen molar-refractivity contribution in [3.63, 3.8) is 0 Å². The zero-order valence-electron chi connectivity index (χ0n) is 17.3. The third kappa shape index (κ3) is 6.15. The van der Waals surface area contributed by atoms with Crippen LogP contribution in [0.2, 0.25) is 0 Å². The Morgan fingerprint density at radius 3 is 2.40 bits per heavy atom. The molecule has 1 heterocycles. The van der Waals surface area contributed by atoms with Crippen LogP contribution in [0.3, 0.4) is 0 Å². The van der Waals surface area contributed by atoms with E-state index in [1.165, 1.54) is 18.3 Å². The molecule has 7 heteroatoms. The van der Waals surface area contributed by atoms with Crippen LogP contribution in [0.4, 0.5) is 5.69 Å². The summed E-state index contributed by atoms with van der Waals surface area (Å²) in [7, 11) is 0. The highest BCUT2D eigenvalue weighted by atomic mass is 32.1. The van der Waals surface area contributed by atoms with Gasteiger partial charge in [-0.25, -0.2) is 4.98 Å². The average molecular weight is 424 g/mol. The maximum Gasteiger partial charge on any atom is 0.270 e. The number of rotatable bonds is 8. The molecule has 0 radical (unpaired) electrons. The zero-order chi connectivity index (χ0) is 21.5. The van der Waals surface area contributed by atoms with Gasteiger partial charge in [0, 0.05) is 30.1 Å². The predicted octanol–water partition coefficient (Wildman–Crippen LogP) is 4.53. The molecule has 0 aliphatic carbocycles. The number of anilines is 1. The Labute approximate surface area is 180 Å². The van der Waals surface area contributed by atoms with Crippen molar-refractivity contribution >= 4 is 28.8 Å². The van der Waals surface area contributed by atoms with Crippen molar-refractivity contribution in [1.29, 1.82) is 0 Å². The van der Waals surface area contributed by atoms with Crippen LogP contribution in [0.15, 0.2) is 53.9 Å². The van der Waals surface area contributed by atoms with Crippen LogP contribution in [0, 0.1) is 0 Å². The first-order valence-corrected chi connectivity index (χ1v) is 10.7. The lowest BCUT2D eigenvalue weighted by Crippen LogP contribution is -2.25. The van der Waals surface area contributed by atoms with Crippen molar-refractivity contribution in [1.82, 2.24) is 10.3 Å². The third-order valence-electron chi connectivity index (χ3n) is 4.18. The van der Waals surface area contributed by atoms with Crippen LogP contribution in [0.25, 0.3) is 10.6 Å². The zero-order valence-corrected chi connectivity index (χ0v) is 18.1. The molecule has 1 aromatic heterocycles. The quantitative estimate of drug-likeness (QED) is 0.558. The van der Waals surface area contributed by atoms with E-state index < -0.39 is 0 Å². The topological polar surface area (TPSA) is 80.3 Å². The fourth-order valence-electron chi connectivity index (χ4n) is 2.83. The fraction of sp³-hybridized carbons (Fsp3) is 0.261. The summed E-state index contributed by atoms with van der Waals surface area (Å²) in [5.41, 5.74) is 3.20. The monoisotopic (exact) mass is 423 g/mol. The average Bonchev–Trinajstić information content (AvgIpc) is 3.19. The molecule has 3 aromatic rings. The molecule has 2 N–H and O–H groups in total. The fourth-order valence-corrected chi connectivity index (χ4v) is 3.63. The van der Waals surface area contributed by atoms with Gasteiger partial charge in [-0.1, -0.05) is 12.1 Å². The number of nitrogens with one attached hydrogen (secondary N) is 2. The summed E-state index contributed by atoms with van der Waals surface area (Å²) >= 11 is 1.44. The van der Waals surface area contributed by atoms with Gasteiger partial charge in [-0.2, -0.15) is 0 Å². The summed E-state index contributed by atoms with van der Waals surface area (Å²) < 4.78 is 5.65. The number of nitrogens with zero attached hydrogens (tertiary/aromatic N) is 1. The molecule has 0 saturated heterocycles. The van der Waals surface area contributed by atoms with Crippen molar-refractivity contribution in [2.45, 2.75) is 33.3 Å². The second-order valence-corrected chi connectivity index (χ2v) is 7.97. The minimum Gasteiger partial charge on any atom is -0.491 e. The summed E-state index contributed by atoms with van der Waals surface area (Å²) in [6.07, 6.45) is 0.821. The molecule has 30 heavy (non-hydrogen) atoms. The van der Waals surface area contributed by atoms with Gasteiger partial charge in [-0.15, -0.1) is 11.3 Å². The SMILES string of the molecule is CC(=O)Nc1ccc(CCNC(=O)c2csc(-c3ccc(OC(C)C)cc3)n2)cc1. The molecule has 2 amide bonds. The van der Waals surface area contributed by atoms with Crippen LogP contribution in [0.1, 0.15) is 36.8 Å². The molecule has 0 spiro atoms. The number of carbonyl (C=O) groups is 2. The highest BCUT2D eigenvalue weighted by molar-refractivity contribution is 7.13. The number of aromatic nitrogens is 1. The van der Waals surface area contributed by atoms with Crippen LogP contribution in [0.5, 0.6) is 5.75 Å². The Bertz CT molecular complexity index is 995. The van der Waals surface area contributed by atoms with Gasteiger partial charge in [0.1, 0.15) is 16.5 Å². The Morgan fingerprint density at radius 1 is 1.07 bits per heavy atom. The first-order valence-electron chi connectivity index (χ1n) is 9.78. The lowest BCUT2D eigenvalue weighted by Gasteiger charge is -2.09. The van der Waals surface area contributed by atoms with Gasteiger partial charge in [0.2, 0.25) is 5.91 Å². The van der Waals surface area contributed by atoms with E-state index in [9.17, 15) is 9.59 Å². The molecule has 0 saturated carbocycles. The van der Waals surface area contributed by atoms with Gasteiger partial charge >= 0.3 is 0 Å². The van der Waals surface area contributed by atoms with Crippen molar-refractivity contribution in [2.24, 2.45) is 0 Å². The second kappa shape index (κ2) is 10.0. The molecule has 0 bridgehead atoms. The maximum absolute atomic E-state index is 12.4. The number of ether oxygens (including phenoxy) is 1. The van der Waals surface area contributed by atoms with Gasteiger partial charge in [-0.05, 0) is 62.2 Å². The smallest absolute Gasteiger partial charge is 0.270 e. The number of benzene rings is 2. The molecule has 2 aromatic carbocycles. The minimum atomic E-state index is -0.188. The number of thiazole rings is 1. The summed E-state index contributed by atoms with van der Waals surface area (Å²) in [4.78, 5) is 27.9. The van der Waals surface area contributed by atoms with Gasteiger partial charge in [0.15, 0.2) is 0 Å². The standard InChI is InChI=1S/C23H25N3O3S/c1-15(2)29-20-10-6-18(7-11-20)23-26-21(14-30-23)22(28)24-13-12-17-4-8-19(9-5-17)25-16(3)27/h4-11,14-15H,12-13H2,1-3H3,(H,24,28)(H,25,27). The lowest BCUT2D eigenvalue weighted by atomic mass is 10.1. The molecule has 0 aliphatic rings. The van der Waals surface area contributed by atoms with Crippen LogP contribution in [-0.4, -0.2) is 29.4 Å². The Hall–Kier alpha value is -3.19. The van der Waals surface area contributed by atoms with Crippen molar-refractivity contribution < 1.29 is 14.3 Å². The van der Waals surface area contributed by atoms with E-state index in [2.05, 4.69) is 15.6 Å². The van der Waals surface area contributed by atoms with E-state index in [1.54, 1.807) is 5.38 Å². The number of hydrogen-bond donors (Lipinski definition) is 2. The van der Waals surface area contributed by atoms with Gasteiger partial charge in [0.05, 0.1) is 6.10 Å². The molecular weight excluding hydrogens is 398 g/mol. The molecule has 3 rings (SSSR count). The Balaban J connectivity index is 1.52. The molecule has 0 fully saturated rings. The summed E-state index contributed by atoms with van der Waals surface area (Å²) in [6, 6.07) is 15.3. The normalized spacial score (nSPS) is 10.7. The summed E-state index contributed by atoms with van der Waals surface area (Å²) in [5, 5.41) is 8.20. The van der Waals surface area contributed by atoms with Crippen LogP contribution in [-0.2, 0) is 11.2 Å². The highest BCUT2D eigenvalue weighted by Crippen LogP contribution is 2.26. The molecule has 6 nitrogen and oxygen atoms in total. The van der Waals surface area contributed by atoms with Crippen LogP contribution < -0.4 is 15.4 Å². The Morgan fingerprint density at radius 2 is 1.77 bits per heavy atom. The summed E-state index contributed by atoms with van der Waals surface area (Å²) in [6.45, 7) is 5.96. The molecule has 0 unspecified atom stereocenters. The van der Waals surface area contributed by atoms with E-state index in [4.69, 9.17) is 4.74 Å². The summed E-state index contributed by atoms with van der Waals surface area (Å²) in [5.74, 6) is 0.526.